The first-order chi connectivity index (χ1) is 12.9. The van der Waals surface area contributed by atoms with Gasteiger partial charge in [-0.05, 0) is 25.0 Å². The van der Waals surface area contributed by atoms with E-state index in [0.29, 0.717) is 35.6 Å². The molecule has 2 atom stereocenters. The topological polar surface area (TPSA) is 75.3 Å². The van der Waals surface area contributed by atoms with Gasteiger partial charge in [-0.2, -0.15) is 4.31 Å². The molecule has 2 unspecified atom stereocenters. The summed E-state index contributed by atoms with van der Waals surface area (Å²) in [5.74, 6) is 0. The lowest BCUT2D eigenvalue weighted by Crippen LogP contribution is -2.35. The van der Waals surface area contributed by atoms with Gasteiger partial charge in [-0.1, -0.05) is 41.9 Å². The Bertz CT molecular complexity index is 1050. The second-order valence-electron chi connectivity index (χ2n) is 6.70. The first-order valence-electron chi connectivity index (χ1n) is 8.78. The number of aromatic amines is 1. The van der Waals surface area contributed by atoms with Crippen molar-refractivity contribution in [2.75, 3.05) is 13.1 Å². The van der Waals surface area contributed by atoms with Gasteiger partial charge in [0.25, 0.3) is 0 Å². The number of fused-ring (bicyclic) bond motifs is 1. The van der Waals surface area contributed by atoms with Gasteiger partial charge < -0.3 is 9.72 Å². The molecule has 1 aliphatic rings. The standard InChI is InChI=1S/C19H20ClN3O3S/c1-13-12-23(8-7-17(26-13)14-5-3-2-4-6-14)27(24,25)18-11-22-19-16(18)9-15(20)10-21-19/h2-6,9-11,13,17H,7-8,12H2,1H3,(H,21,22). The lowest BCUT2D eigenvalue weighted by molar-refractivity contribution is 0.00549. The van der Waals surface area contributed by atoms with Gasteiger partial charge in [0, 0.05) is 30.9 Å². The largest absolute Gasteiger partial charge is 0.369 e. The van der Waals surface area contributed by atoms with Crippen LogP contribution in [-0.4, -0.2) is 41.9 Å². The van der Waals surface area contributed by atoms with Gasteiger partial charge in [0.05, 0.1) is 17.2 Å². The molecule has 1 saturated heterocycles. The van der Waals surface area contributed by atoms with Gasteiger partial charge in [-0.15, -0.1) is 0 Å². The third-order valence-corrected chi connectivity index (χ3v) is 6.86. The van der Waals surface area contributed by atoms with E-state index >= 15 is 0 Å². The lowest BCUT2D eigenvalue weighted by Gasteiger charge is -2.21. The van der Waals surface area contributed by atoms with Crippen molar-refractivity contribution in [1.29, 1.82) is 0 Å². The number of halogens is 1. The smallest absolute Gasteiger partial charge is 0.245 e. The fourth-order valence-corrected chi connectivity index (χ4v) is 5.30. The van der Waals surface area contributed by atoms with Crippen molar-refractivity contribution in [3.8, 4) is 0 Å². The molecule has 0 spiro atoms. The van der Waals surface area contributed by atoms with E-state index in [2.05, 4.69) is 9.97 Å². The molecule has 0 bridgehead atoms. The zero-order valence-corrected chi connectivity index (χ0v) is 16.4. The van der Waals surface area contributed by atoms with E-state index in [1.54, 1.807) is 6.07 Å². The Kier molecular flexibility index (Phi) is 4.94. The minimum atomic E-state index is -3.70. The first kappa shape index (κ1) is 18.4. The molecule has 1 fully saturated rings. The molecule has 27 heavy (non-hydrogen) atoms. The Labute approximate surface area is 163 Å². The molecule has 3 heterocycles. The maximum atomic E-state index is 13.3. The third-order valence-electron chi connectivity index (χ3n) is 4.75. The van der Waals surface area contributed by atoms with Crippen LogP contribution in [0.3, 0.4) is 0 Å². The number of aromatic nitrogens is 2. The van der Waals surface area contributed by atoms with Crippen LogP contribution >= 0.6 is 11.6 Å². The molecular weight excluding hydrogens is 386 g/mol. The lowest BCUT2D eigenvalue weighted by atomic mass is 10.1. The van der Waals surface area contributed by atoms with Gasteiger partial charge in [0.1, 0.15) is 10.5 Å². The third kappa shape index (κ3) is 3.60. The highest BCUT2D eigenvalue weighted by Gasteiger charge is 2.33. The summed E-state index contributed by atoms with van der Waals surface area (Å²) in [4.78, 5) is 7.26. The summed E-state index contributed by atoms with van der Waals surface area (Å²) in [6.45, 7) is 2.58. The Morgan fingerprint density at radius 2 is 2.07 bits per heavy atom. The predicted octanol–water partition coefficient (Wildman–Crippen LogP) is 3.76. The number of H-pyrrole nitrogens is 1. The van der Waals surface area contributed by atoms with Crippen LogP contribution in [0, 0.1) is 0 Å². The summed E-state index contributed by atoms with van der Waals surface area (Å²) in [7, 11) is -3.70. The van der Waals surface area contributed by atoms with Crippen molar-refractivity contribution in [3.05, 3.63) is 59.4 Å². The molecule has 0 amide bonds. The van der Waals surface area contributed by atoms with Gasteiger partial charge in [-0.25, -0.2) is 13.4 Å². The van der Waals surface area contributed by atoms with E-state index in [1.165, 1.54) is 16.7 Å². The highest BCUT2D eigenvalue weighted by Crippen LogP contribution is 2.31. The van der Waals surface area contributed by atoms with E-state index < -0.39 is 10.0 Å². The second-order valence-corrected chi connectivity index (χ2v) is 9.04. The van der Waals surface area contributed by atoms with Crippen LogP contribution in [-0.2, 0) is 14.8 Å². The number of hydrogen-bond acceptors (Lipinski definition) is 4. The molecule has 3 aromatic rings. The van der Waals surface area contributed by atoms with Crippen molar-refractivity contribution < 1.29 is 13.2 Å². The van der Waals surface area contributed by atoms with Crippen molar-refractivity contribution in [3.63, 3.8) is 0 Å². The number of nitrogens with one attached hydrogen (secondary N) is 1. The van der Waals surface area contributed by atoms with Gasteiger partial charge in [0.15, 0.2) is 0 Å². The first-order valence-corrected chi connectivity index (χ1v) is 10.6. The Morgan fingerprint density at radius 3 is 2.85 bits per heavy atom. The summed E-state index contributed by atoms with van der Waals surface area (Å²) >= 11 is 6.01. The Morgan fingerprint density at radius 1 is 1.30 bits per heavy atom. The average Bonchev–Trinajstić information content (AvgIpc) is 2.97. The Hall–Kier alpha value is -1.93. The van der Waals surface area contributed by atoms with Crippen molar-refractivity contribution in [2.24, 2.45) is 0 Å². The van der Waals surface area contributed by atoms with E-state index in [-0.39, 0.29) is 17.1 Å². The molecular formula is C19H20ClN3O3S. The quantitative estimate of drug-likeness (QED) is 0.719. The highest BCUT2D eigenvalue weighted by molar-refractivity contribution is 7.89. The number of benzene rings is 1. The molecule has 1 aromatic carbocycles. The minimum Gasteiger partial charge on any atom is -0.369 e. The maximum Gasteiger partial charge on any atom is 0.245 e. The summed E-state index contributed by atoms with van der Waals surface area (Å²) < 4.78 is 34.2. The van der Waals surface area contributed by atoms with Crippen LogP contribution < -0.4 is 0 Å². The van der Waals surface area contributed by atoms with Crippen molar-refractivity contribution >= 4 is 32.7 Å². The molecule has 1 N–H and O–H groups in total. The van der Waals surface area contributed by atoms with Crippen LogP contribution in [0.2, 0.25) is 5.02 Å². The highest BCUT2D eigenvalue weighted by atomic mass is 35.5. The Balaban J connectivity index is 1.64. The number of nitrogens with zero attached hydrogens (tertiary/aromatic N) is 2. The SMILES string of the molecule is CC1CN(S(=O)(=O)c2c[nH]c3ncc(Cl)cc23)CCC(c2ccccc2)O1. The maximum absolute atomic E-state index is 13.3. The van der Waals surface area contributed by atoms with Gasteiger partial charge in [-0.3, -0.25) is 0 Å². The van der Waals surface area contributed by atoms with Crippen LogP contribution in [0.25, 0.3) is 11.0 Å². The van der Waals surface area contributed by atoms with Gasteiger partial charge in [0.2, 0.25) is 10.0 Å². The number of hydrogen-bond donors (Lipinski definition) is 1. The fraction of sp³-hybridized carbons (Fsp3) is 0.316. The fourth-order valence-electron chi connectivity index (χ4n) is 3.47. The van der Waals surface area contributed by atoms with E-state index in [0.717, 1.165) is 5.56 Å². The van der Waals surface area contributed by atoms with E-state index in [9.17, 15) is 8.42 Å². The van der Waals surface area contributed by atoms with Crippen molar-refractivity contribution in [2.45, 2.75) is 30.4 Å². The van der Waals surface area contributed by atoms with Gasteiger partial charge >= 0.3 is 0 Å². The van der Waals surface area contributed by atoms with Crippen LogP contribution in [0.1, 0.15) is 25.0 Å². The normalized spacial score (nSPS) is 22.0. The predicted molar refractivity (Wildman–Crippen MR) is 104 cm³/mol. The molecule has 0 radical (unpaired) electrons. The summed E-state index contributed by atoms with van der Waals surface area (Å²) in [5.41, 5.74) is 1.56. The molecule has 1 aliphatic heterocycles. The van der Waals surface area contributed by atoms with E-state index in [1.807, 2.05) is 37.3 Å². The van der Waals surface area contributed by atoms with Crippen LogP contribution in [0.4, 0.5) is 0 Å². The number of ether oxygens (including phenoxy) is 1. The van der Waals surface area contributed by atoms with Crippen LogP contribution in [0.5, 0.6) is 0 Å². The molecule has 8 heteroatoms. The average molecular weight is 406 g/mol. The zero-order chi connectivity index (χ0) is 19.0. The monoisotopic (exact) mass is 405 g/mol. The van der Waals surface area contributed by atoms with E-state index in [4.69, 9.17) is 16.3 Å². The second kappa shape index (κ2) is 7.24. The minimum absolute atomic E-state index is 0.125. The number of pyridine rings is 1. The summed E-state index contributed by atoms with van der Waals surface area (Å²) in [6, 6.07) is 11.5. The summed E-state index contributed by atoms with van der Waals surface area (Å²) in [5, 5.41) is 0.898. The molecule has 4 rings (SSSR count). The number of sulfonamides is 1. The van der Waals surface area contributed by atoms with Crippen molar-refractivity contribution in [1.82, 2.24) is 14.3 Å². The molecule has 6 nitrogen and oxygen atoms in total. The van der Waals surface area contributed by atoms with Crippen LogP contribution in [0.15, 0.2) is 53.7 Å². The zero-order valence-electron chi connectivity index (χ0n) is 14.8. The summed E-state index contributed by atoms with van der Waals surface area (Å²) in [6.07, 6.45) is 3.21. The molecule has 0 saturated carbocycles. The molecule has 0 aliphatic carbocycles. The molecule has 142 valence electrons. The molecule has 2 aromatic heterocycles. The number of rotatable bonds is 3.